The molecule has 2 aliphatic rings. The van der Waals surface area contributed by atoms with Crippen molar-refractivity contribution in [1.29, 1.82) is 0 Å². The van der Waals surface area contributed by atoms with Gasteiger partial charge in [-0.05, 0) is 51.9 Å². The molecule has 0 spiro atoms. The second-order valence-corrected chi connectivity index (χ2v) is 7.07. The van der Waals surface area contributed by atoms with Gasteiger partial charge < -0.3 is 10.1 Å². The Morgan fingerprint density at radius 1 is 1.25 bits per heavy atom. The number of rotatable bonds is 4. The molecule has 2 fully saturated rings. The Bertz CT molecular complexity index is 234. The highest BCUT2D eigenvalue weighted by Crippen LogP contribution is 2.40. The van der Waals surface area contributed by atoms with Crippen molar-refractivity contribution in [3.05, 3.63) is 0 Å². The molecule has 2 heteroatoms. The lowest BCUT2D eigenvalue weighted by molar-refractivity contribution is -0.103. The molecule has 0 heterocycles. The SMILES string of the molecule is CC1(CNC2CC(OC(C)(C)C)C2)CCC1. The Balaban J connectivity index is 1.58. The van der Waals surface area contributed by atoms with Crippen LogP contribution in [0, 0.1) is 5.41 Å². The molecular formula is C14H27NO. The minimum absolute atomic E-state index is 0.0234. The molecule has 94 valence electrons. The molecule has 0 atom stereocenters. The Labute approximate surface area is 100 Å². The molecule has 16 heavy (non-hydrogen) atoms. The summed E-state index contributed by atoms with van der Waals surface area (Å²) in [6.07, 6.45) is 7.15. The van der Waals surface area contributed by atoms with Gasteiger partial charge in [0.05, 0.1) is 11.7 Å². The van der Waals surface area contributed by atoms with Crippen LogP contribution in [0.3, 0.4) is 0 Å². The van der Waals surface area contributed by atoms with Gasteiger partial charge in [-0.25, -0.2) is 0 Å². The molecule has 0 unspecified atom stereocenters. The van der Waals surface area contributed by atoms with Crippen LogP contribution >= 0.6 is 0 Å². The van der Waals surface area contributed by atoms with E-state index in [-0.39, 0.29) is 5.60 Å². The third-order valence-corrected chi connectivity index (χ3v) is 3.99. The van der Waals surface area contributed by atoms with Crippen LogP contribution in [-0.4, -0.2) is 24.3 Å². The van der Waals surface area contributed by atoms with Crippen molar-refractivity contribution in [2.24, 2.45) is 5.41 Å². The van der Waals surface area contributed by atoms with Crippen molar-refractivity contribution in [1.82, 2.24) is 5.32 Å². The van der Waals surface area contributed by atoms with Gasteiger partial charge in [-0.2, -0.15) is 0 Å². The molecule has 2 rings (SSSR count). The second-order valence-electron chi connectivity index (χ2n) is 7.07. The molecule has 1 N–H and O–H groups in total. The number of ether oxygens (including phenoxy) is 1. The van der Waals surface area contributed by atoms with Gasteiger partial charge in [-0.1, -0.05) is 13.3 Å². The lowest BCUT2D eigenvalue weighted by atomic mass is 9.70. The van der Waals surface area contributed by atoms with Gasteiger partial charge in [-0.15, -0.1) is 0 Å². The van der Waals surface area contributed by atoms with Gasteiger partial charge >= 0.3 is 0 Å². The zero-order valence-corrected chi connectivity index (χ0v) is 11.3. The maximum absolute atomic E-state index is 5.94. The quantitative estimate of drug-likeness (QED) is 0.794. The molecule has 0 radical (unpaired) electrons. The van der Waals surface area contributed by atoms with E-state index in [0.29, 0.717) is 17.6 Å². The Hall–Kier alpha value is -0.0800. The molecule has 0 aromatic rings. The minimum Gasteiger partial charge on any atom is -0.373 e. The van der Waals surface area contributed by atoms with Crippen LogP contribution in [0.5, 0.6) is 0 Å². The van der Waals surface area contributed by atoms with Gasteiger partial charge in [0.25, 0.3) is 0 Å². The molecule has 0 saturated heterocycles. The maximum Gasteiger partial charge on any atom is 0.0612 e. The predicted octanol–water partition coefficient (Wildman–Crippen LogP) is 3.11. The van der Waals surface area contributed by atoms with Crippen LogP contribution < -0.4 is 5.32 Å². The lowest BCUT2D eigenvalue weighted by Crippen LogP contribution is -2.51. The third-order valence-electron chi connectivity index (χ3n) is 3.99. The van der Waals surface area contributed by atoms with E-state index in [4.69, 9.17) is 4.74 Å². The summed E-state index contributed by atoms with van der Waals surface area (Å²) in [5.74, 6) is 0. The maximum atomic E-state index is 5.94. The van der Waals surface area contributed by atoms with E-state index >= 15 is 0 Å². The molecule has 0 aromatic heterocycles. The van der Waals surface area contributed by atoms with Crippen LogP contribution in [0.2, 0.25) is 0 Å². The summed E-state index contributed by atoms with van der Waals surface area (Å²) in [5.41, 5.74) is 0.631. The molecular weight excluding hydrogens is 198 g/mol. The van der Waals surface area contributed by atoms with Gasteiger partial charge in [0.1, 0.15) is 0 Å². The van der Waals surface area contributed by atoms with Crippen LogP contribution in [0.1, 0.15) is 59.8 Å². The van der Waals surface area contributed by atoms with Crippen LogP contribution in [0.25, 0.3) is 0 Å². The smallest absolute Gasteiger partial charge is 0.0612 e. The van der Waals surface area contributed by atoms with Crippen LogP contribution in [0.15, 0.2) is 0 Å². The van der Waals surface area contributed by atoms with Crippen LogP contribution in [0.4, 0.5) is 0 Å². The summed E-state index contributed by atoms with van der Waals surface area (Å²) >= 11 is 0. The molecule has 2 nitrogen and oxygen atoms in total. The highest BCUT2D eigenvalue weighted by atomic mass is 16.5. The summed E-state index contributed by atoms with van der Waals surface area (Å²) in [4.78, 5) is 0. The average molecular weight is 225 g/mol. The fourth-order valence-electron chi connectivity index (χ4n) is 2.68. The fourth-order valence-corrected chi connectivity index (χ4v) is 2.68. The lowest BCUT2D eigenvalue weighted by Gasteiger charge is -2.44. The minimum atomic E-state index is 0.0234. The molecule has 0 bridgehead atoms. The van der Waals surface area contributed by atoms with Crippen LogP contribution in [-0.2, 0) is 4.74 Å². The molecule has 0 aliphatic heterocycles. The van der Waals surface area contributed by atoms with Crippen molar-refractivity contribution < 1.29 is 4.74 Å². The van der Waals surface area contributed by atoms with Gasteiger partial charge in [0.2, 0.25) is 0 Å². The zero-order valence-electron chi connectivity index (χ0n) is 11.3. The number of nitrogens with one attached hydrogen (secondary N) is 1. The number of hydrogen-bond acceptors (Lipinski definition) is 2. The van der Waals surface area contributed by atoms with Crippen molar-refractivity contribution >= 4 is 0 Å². The zero-order chi connectivity index (χ0) is 11.8. The highest BCUT2D eigenvalue weighted by molar-refractivity contribution is 4.91. The highest BCUT2D eigenvalue weighted by Gasteiger charge is 2.36. The van der Waals surface area contributed by atoms with Crippen molar-refractivity contribution in [2.75, 3.05) is 6.54 Å². The molecule has 2 saturated carbocycles. The first-order valence-electron chi connectivity index (χ1n) is 6.78. The topological polar surface area (TPSA) is 21.3 Å². The predicted molar refractivity (Wildman–Crippen MR) is 67.6 cm³/mol. The van der Waals surface area contributed by atoms with Crippen molar-refractivity contribution in [2.45, 2.75) is 77.5 Å². The summed E-state index contributed by atoms with van der Waals surface area (Å²) in [6.45, 7) is 10.0. The van der Waals surface area contributed by atoms with E-state index in [2.05, 4.69) is 33.0 Å². The van der Waals surface area contributed by atoms with E-state index in [1.165, 1.54) is 38.6 Å². The summed E-state index contributed by atoms with van der Waals surface area (Å²) in [6, 6.07) is 0.713. The van der Waals surface area contributed by atoms with Gasteiger partial charge in [-0.3, -0.25) is 0 Å². The van der Waals surface area contributed by atoms with Gasteiger partial charge in [0.15, 0.2) is 0 Å². The standard InChI is InChI=1S/C14H27NO/c1-13(2,3)16-12-8-11(9-12)15-10-14(4)6-5-7-14/h11-12,15H,5-10H2,1-4H3. The largest absolute Gasteiger partial charge is 0.373 e. The Morgan fingerprint density at radius 3 is 2.31 bits per heavy atom. The normalized spacial score (nSPS) is 33.0. The van der Waals surface area contributed by atoms with E-state index in [1.807, 2.05) is 0 Å². The fraction of sp³-hybridized carbons (Fsp3) is 1.00. The second kappa shape index (κ2) is 4.30. The van der Waals surface area contributed by atoms with E-state index < -0.39 is 0 Å². The first-order valence-corrected chi connectivity index (χ1v) is 6.78. The van der Waals surface area contributed by atoms with Crippen molar-refractivity contribution in [3.63, 3.8) is 0 Å². The number of hydrogen-bond donors (Lipinski definition) is 1. The Kier molecular flexibility index (Phi) is 3.33. The summed E-state index contributed by atoms with van der Waals surface area (Å²) < 4.78 is 5.94. The summed E-state index contributed by atoms with van der Waals surface area (Å²) in [7, 11) is 0. The monoisotopic (exact) mass is 225 g/mol. The Morgan fingerprint density at radius 2 is 1.88 bits per heavy atom. The molecule has 0 amide bonds. The molecule has 2 aliphatic carbocycles. The first-order chi connectivity index (χ1) is 7.36. The van der Waals surface area contributed by atoms with Gasteiger partial charge in [0, 0.05) is 12.6 Å². The average Bonchev–Trinajstić information content (AvgIpc) is 2.03. The third kappa shape index (κ3) is 3.21. The van der Waals surface area contributed by atoms with E-state index in [1.54, 1.807) is 0 Å². The first kappa shape index (κ1) is 12.4. The van der Waals surface area contributed by atoms with E-state index in [9.17, 15) is 0 Å². The van der Waals surface area contributed by atoms with Crippen molar-refractivity contribution in [3.8, 4) is 0 Å². The van der Waals surface area contributed by atoms with E-state index in [0.717, 1.165) is 0 Å². The summed E-state index contributed by atoms with van der Waals surface area (Å²) in [5, 5.41) is 3.70. The molecule has 0 aromatic carbocycles.